The lowest BCUT2D eigenvalue weighted by atomic mass is 10.0. The Morgan fingerprint density at radius 2 is 1.08 bits per heavy atom. The molecule has 1 aromatic heterocycles. The molecule has 0 N–H and O–H groups in total. The number of anilines is 2. The lowest BCUT2D eigenvalue weighted by molar-refractivity contribution is 0.532. The maximum absolute atomic E-state index is 5.97. The van der Waals surface area contributed by atoms with Crippen LogP contribution < -0.4 is 9.80 Å². The average molecular weight is 333 g/mol. The van der Waals surface area contributed by atoms with E-state index in [-0.39, 0.29) is 0 Å². The van der Waals surface area contributed by atoms with Gasteiger partial charge in [-0.05, 0) is 42.0 Å². The van der Waals surface area contributed by atoms with Gasteiger partial charge < -0.3 is 9.80 Å². The van der Waals surface area contributed by atoms with E-state index in [4.69, 9.17) is 4.42 Å². The van der Waals surface area contributed by atoms with E-state index in [1.54, 1.807) is 0 Å². The lowest BCUT2D eigenvalue weighted by Crippen LogP contribution is -2.08. The molecule has 3 rings (SSSR count). The highest BCUT2D eigenvalue weighted by Crippen LogP contribution is 2.30. The number of rotatable bonds is 4. The highest BCUT2D eigenvalue weighted by Gasteiger charge is 2.16. The zero-order valence-electron chi connectivity index (χ0n) is 15.6. The molecule has 0 fully saturated rings. The van der Waals surface area contributed by atoms with Crippen molar-refractivity contribution in [3.63, 3.8) is 0 Å². The second-order valence-corrected chi connectivity index (χ2v) is 6.70. The number of nitrogens with zero attached hydrogens (tertiary/aromatic N) is 2. The third-order valence-electron chi connectivity index (χ3n) is 4.30. The average Bonchev–Trinajstić information content (AvgIpc) is 2.61. The van der Waals surface area contributed by atoms with Crippen molar-refractivity contribution in [1.82, 2.24) is 0 Å². The summed E-state index contributed by atoms with van der Waals surface area (Å²) in [6.07, 6.45) is 0. The Kier molecular flexibility index (Phi) is 4.75. The van der Waals surface area contributed by atoms with Crippen molar-refractivity contribution >= 4 is 11.4 Å². The molecule has 0 aliphatic heterocycles. The molecule has 0 unspecified atom stereocenters. The third kappa shape index (κ3) is 3.82. The summed E-state index contributed by atoms with van der Waals surface area (Å²) in [6, 6.07) is 21.2. The molecule has 128 valence electrons. The van der Waals surface area contributed by atoms with E-state index in [2.05, 4.69) is 84.6 Å². The standard InChI is InChI=1S/C22H25N2O/c1-16-14-19(17-6-10-20(11-7-17)23(2)3)15-22(25-16)18-8-12-21(13-9-18)24(4)5/h6-15H,1-5H3/q+1. The highest BCUT2D eigenvalue weighted by molar-refractivity contribution is 5.72. The summed E-state index contributed by atoms with van der Waals surface area (Å²) in [4.78, 5) is 4.20. The Morgan fingerprint density at radius 1 is 0.600 bits per heavy atom. The van der Waals surface area contributed by atoms with Gasteiger partial charge in [-0.15, -0.1) is 0 Å². The van der Waals surface area contributed by atoms with E-state index in [1.807, 2.05) is 21.0 Å². The van der Waals surface area contributed by atoms with Crippen LogP contribution in [0.15, 0.2) is 65.1 Å². The number of hydrogen-bond donors (Lipinski definition) is 0. The third-order valence-corrected chi connectivity index (χ3v) is 4.30. The second kappa shape index (κ2) is 6.98. The second-order valence-electron chi connectivity index (χ2n) is 6.70. The molecule has 3 heteroatoms. The van der Waals surface area contributed by atoms with E-state index in [0.29, 0.717) is 0 Å². The predicted octanol–water partition coefficient (Wildman–Crippen LogP) is 5.34. The summed E-state index contributed by atoms with van der Waals surface area (Å²) in [7, 11) is 8.19. The Labute approximate surface area is 150 Å². The zero-order valence-corrected chi connectivity index (χ0v) is 15.6. The van der Waals surface area contributed by atoms with Gasteiger partial charge in [0.15, 0.2) is 0 Å². The van der Waals surface area contributed by atoms with Gasteiger partial charge >= 0.3 is 11.5 Å². The van der Waals surface area contributed by atoms with Gasteiger partial charge in [0, 0.05) is 51.2 Å². The molecule has 0 spiro atoms. The highest BCUT2D eigenvalue weighted by atomic mass is 16.3. The Hall–Kier alpha value is -2.81. The number of aryl methyl sites for hydroxylation is 1. The van der Waals surface area contributed by atoms with Gasteiger partial charge in [0.2, 0.25) is 0 Å². The number of benzene rings is 2. The molecule has 1 heterocycles. The summed E-state index contributed by atoms with van der Waals surface area (Å²) in [5.41, 5.74) is 5.81. The molecule has 0 aliphatic rings. The summed E-state index contributed by atoms with van der Waals surface area (Å²) in [5, 5.41) is 0. The molecular formula is C22H25N2O+. The van der Waals surface area contributed by atoms with Crippen molar-refractivity contribution in [2.75, 3.05) is 38.0 Å². The van der Waals surface area contributed by atoms with E-state index < -0.39 is 0 Å². The maximum Gasteiger partial charge on any atom is 0.360 e. The molecule has 0 atom stereocenters. The smallest absolute Gasteiger partial charge is 0.360 e. The van der Waals surface area contributed by atoms with Crippen molar-refractivity contribution in [2.45, 2.75) is 6.92 Å². The summed E-state index contributed by atoms with van der Waals surface area (Å²) < 4.78 is 5.97. The molecule has 0 bridgehead atoms. The van der Waals surface area contributed by atoms with Crippen LogP contribution in [-0.2, 0) is 0 Å². The minimum absolute atomic E-state index is 0.886. The van der Waals surface area contributed by atoms with Crippen molar-refractivity contribution in [1.29, 1.82) is 0 Å². The molecule has 25 heavy (non-hydrogen) atoms. The Bertz CT molecular complexity index is 780. The van der Waals surface area contributed by atoms with Gasteiger partial charge in [-0.1, -0.05) is 12.1 Å². The van der Waals surface area contributed by atoms with Crippen LogP contribution >= 0.6 is 0 Å². The van der Waals surface area contributed by atoms with Crippen molar-refractivity contribution in [3.8, 4) is 22.5 Å². The van der Waals surface area contributed by atoms with Crippen molar-refractivity contribution in [2.24, 2.45) is 0 Å². The van der Waals surface area contributed by atoms with Gasteiger partial charge in [0.05, 0.1) is 18.6 Å². The van der Waals surface area contributed by atoms with Gasteiger partial charge in [-0.25, -0.2) is 4.42 Å². The molecule has 0 radical (unpaired) electrons. The summed E-state index contributed by atoms with van der Waals surface area (Å²) in [6.45, 7) is 2.00. The van der Waals surface area contributed by atoms with Crippen LogP contribution in [0.4, 0.5) is 11.4 Å². The monoisotopic (exact) mass is 333 g/mol. The summed E-state index contributed by atoms with van der Waals surface area (Å²) in [5.74, 6) is 1.79. The predicted molar refractivity (Wildman–Crippen MR) is 107 cm³/mol. The first kappa shape index (κ1) is 17.0. The minimum Gasteiger partial charge on any atom is -0.378 e. The van der Waals surface area contributed by atoms with Crippen LogP contribution in [0.25, 0.3) is 22.5 Å². The zero-order chi connectivity index (χ0) is 18.0. The van der Waals surface area contributed by atoms with Gasteiger partial charge in [0.1, 0.15) is 0 Å². The Morgan fingerprint density at radius 3 is 1.56 bits per heavy atom. The first-order valence-electron chi connectivity index (χ1n) is 8.44. The van der Waals surface area contributed by atoms with E-state index in [0.717, 1.165) is 17.1 Å². The quantitative estimate of drug-likeness (QED) is 0.601. The molecule has 0 saturated heterocycles. The Balaban J connectivity index is 1.97. The maximum atomic E-state index is 5.97. The van der Waals surface area contributed by atoms with Gasteiger partial charge in [-0.2, -0.15) is 0 Å². The van der Waals surface area contributed by atoms with E-state index in [1.165, 1.54) is 22.5 Å². The van der Waals surface area contributed by atoms with Crippen LogP contribution in [0.2, 0.25) is 0 Å². The van der Waals surface area contributed by atoms with Gasteiger partial charge in [0.25, 0.3) is 0 Å². The molecule has 3 aromatic rings. The fourth-order valence-electron chi connectivity index (χ4n) is 2.82. The minimum atomic E-state index is 0.886. The van der Waals surface area contributed by atoms with Crippen LogP contribution in [0.5, 0.6) is 0 Å². The molecule has 0 aliphatic carbocycles. The van der Waals surface area contributed by atoms with Crippen LogP contribution in [0, 0.1) is 6.92 Å². The summed E-state index contributed by atoms with van der Waals surface area (Å²) >= 11 is 0. The fourth-order valence-corrected chi connectivity index (χ4v) is 2.82. The number of hydrogen-bond acceptors (Lipinski definition) is 2. The van der Waals surface area contributed by atoms with Crippen LogP contribution in [0.1, 0.15) is 5.76 Å². The largest absolute Gasteiger partial charge is 0.378 e. The molecule has 0 amide bonds. The fraction of sp³-hybridized carbons (Fsp3) is 0.227. The van der Waals surface area contributed by atoms with Crippen LogP contribution in [0.3, 0.4) is 0 Å². The molecular weight excluding hydrogens is 308 g/mol. The molecule has 3 nitrogen and oxygen atoms in total. The topological polar surface area (TPSA) is 17.8 Å². The van der Waals surface area contributed by atoms with Crippen LogP contribution in [-0.4, -0.2) is 28.2 Å². The van der Waals surface area contributed by atoms with Crippen molar-refractivity contribution in [3.05, 3.63) is 66.4 Å². The first-order chi connectivity index (χ1) is 11.9. The van der Waals surface area contributed by atoms with E-state index in [9.17, 15) is 0 Å². The van der Waals surface area contributed by atoms with Gasteiger partial charge in [-0.3, -0.25) is 0 Å². The first-order valence-corrected chi connectivity index (χ1v) is 8.44. The molecule has 0 saturated carbocycles. The van der Waals surface area contributed by atoms with Crippen molar-refractivity contribution < 1.29 is 4.42 Å². The molecule has 2 aromatic carbocycles. The normalized spacial score (nSPS) is 10.6. The SMILES string of the molecule is Cc1cc(-c2ccc(N(C)C)cc2)cc(-c2ccc(N(C)C)cc2)[o+]1. The van der Waals surface area contributed by atoms with E-state index >= 15 is 0 Å². The lowest BCUT2D eigenvalue weighted by Gasteiger charge is -2.12.